The van der Waals surface area contributed by atoms with Crippen LogP contribution in [0, 0.1) is 0 Å². The van der Waals surface area contributed by atoms with Gasteiger partial charge in [0.2, 0.25) is 5.91 Å². The molecule has 0 aliphatic rings. The molecule has 20 heavy (non-hydrogen) atoms. The number of ether oxygens (including phenoxy) is 2. The van der Waals surface area contributed by atoms with E-state index < -0.39 is 0 Å². The molecule has 0 saturated carbocycles. The lowest BCUT2D eigenvalue weighted by atomic mass is 10.3. The van der Waals surface area contributed by atoms with E-state index in [0.717, 1.165) is 0 Å². The Bertz CT molecular complexity index is 423. The van der Waals surface area contributed by atoms with Gasteiger partial charge >= 0.3 is 5.97 Å². The molecule has 0 saturated heterocycles. The van der Waals surface area contributed by atoms with Crippen LogP contribution in [0.25, 0.3) is 0 Å². The minimum Gasteiger partial charge on any atom is -0.493 e. The van der Waals surface area contributed by atoms with Crippen molar-refractivity contribution in [3.05, 3.63) is 24.3 Å². The van der Waals surface area contributed by atoms with Gasteiger partial charge in [0.05, 0.1) is 20.1 Å². The maximum atomic E-state index is 11.3. The van der Waals surface area contributed by atoms with Crippen molar-refractivity contribution in [3.63, 3.8) is 0 Å². The van der Waals surface area contributed by atoms with E-state index in [-0.39, 0.29) is 43.7 Å². The first-order valence-electron chi connectivity index (χ1n) is 5.95. The van der Waals surface area contributed by atoms with Crippen LogP contribution >= 0.6 is 12.4 Å². The van der Waals surface area contributed by atoms with Crippen molar-refractivity contribution in [2.24, 2.45) is 5.73 Å². The number of carbonyl (C=O) groups is 2. The molecule has 0 aliphatic carbocycles. The number of hydrogen-bond acceptors (Lipinski definition) is 5. The van der Waals surface area contributed by atoms with Gasteiger partial charge in [-0.25, -0.2) is 0 Å². The van der Waals surface area contributed by atoms with Gasteiger partial charge in [-0.1, -0.05) is 0 Å². The van der Waals surface area contributed by atoms with Crippen molar-refractivity contribution >= 4 is 30.0 Å². The largest absolute Gasteiger partial charge is 0.493 e. The molecule has 0 heterocycles. The number of hydrogen-bond donors (Lipinski definition) is 2. The van der Waals surface area contributed by atoms with E-state index in [1.807, 2.05) is 0 Å². The molecule has 0 unspecified atom stereocenters. The van der Waals surface area contributed by atoms with Crippen molar-refractivity contribution < 1.29 is 19.1 Å². The maximum Gasteiger partial charge on any atom is 0.308 e. The summed E-state index contributed by atoms with van der Waals surface area (Å²) in [6.45, 7) is 0.576. The molecule has 3 N–H and O–H groups in total. The quantitative estimate of drug-likeness (QED) is 0.742. The normalized spacial score (nSPS) is 9.30. The molecule has 1 rings (SSSR count). The van der Waals surface area contributed by atoms with E-state index in [9.17, 15) is 9.59 Å². The molecule has 0 fully saturated rings. The molecule has 0 bridgehead atoms. The van der Waals surface area contributed by atoms with Gasteiger partial charge in [-0.15, -0.1) is 12.4 Å². The molecule has 1 aromatic carbocycles. The first-order chi connectivity index (χ1) is 9.15. The Morgan fingerprint density at radius 3 is 2.40 bits per heavy atom. The number of benzene rings is 1. The second kappa shape index (κ2) is 10.1. The third-order valence-corrected chi connectivity index (χ3v) is 2.31. The smallest absolute Gasteiger partial charge is 0.308 e. The lowest BCUT2D eigenvalue weighted by Crippen LogP contribution is -2.16. The lowest BCUT2D eigenvalue weighted by molar-refractivity contribution is -0.141. The zero-order chi connectivity index (χ0) is 14.1. The van der Waals surface area contributed by atoms with Crippen molar-refractivity contribution in [3.8, 4) is 5.75 Å². The number of methoxy groups -OCH3 is 1. The van der Waals surface area contributed by atoms with Crippen molar-refractivity contribution in [1.82, 2.24) is 0 Å². The monoisotopic (exact) mass is 302 g/mol. The Kier molecular flexibility index (Phi) is 9.15. The zero-order valence-corrected chi connectivity index (χ0v) is 12.1. The lowest BCUT2D eigenvalue weighted by Gasteiger charge is -2.07. The molecule has 6 nitrogen and oxygen atoms in total. The second-order valence-electron chi connectivity index (χ2n) is 3.79. The number of rotatable bonds is 7. The Morgan fingerprint density at radius 1 is 1.20 bits per heavy atom. The SMILES string of the molecule is COC(=O)CCOc1ccc(NC(=O)CCN)cc1.Cl. The summed E-state index contributed by atoms with van der Waals surface area (Å²) >= 11 is 0. The van der Waals surface area contributed by atoms with Gasteiger partial charge in [-0.05, 0) is 24.3 Å². The van der Waals surface area contributed by atoms with Crippen LogP contribution in [0.2, 0.25) is 0 Å². The summed E-state index contributed by atoms with van der Waals surface area (Å²) < 4.78 is 9.85. The third-order valence-electron chi connectivity index (χ3n) is 2.31. The van der Waals surface area contributed by atoms with E-state index >= 15 is 0 Å². The Hall–Kier alpha value is -1.79. The summed E-state index contributed by atoms with van der Waals surface area (Å²) in [4.78, 5) is 22.2. The summed E-state index contributed by atoms with van der Waals surface area (Å²) in [6, 6.07) is 6.88. The zero-order valence-electron chi connectivity index (χ0n) is 11.3. The number of nitrogens with two attached hydrogens (primary N) is 1. The summed E-state index contributed by atoms with van der Waals surface area (Å²) in [5.74, 6) is 0.188. The predicted molar refractivity (Wildman–Crippen MR) is 78.1 cm³/mol. The highest BCUT2D eigenvalue weighted by Crippen LogP contribution is 2.16. The van der Waals surface area contributed by atoms with Crippen molar-refractivity contribution in [1.29, 1.82) is 0 Å². The number of amides is 1. The highest BCUT2D eigenvalue weighted by atomic mass is 35.5. The van der Waals surface area contributed by atoms with Gasteiger partial charge in [0.15, 0.2) is 0 Å². The van der Waals surface area contributed by atoms with E-state index in [2.05, 4.69) is 10.1 Å². The number of halogens is 1. The molecule has 0 radical (unpaired) electrons. The van der Waals surface area contributed by atoms with Crippen LogP contribution in [0.5, 0.6) is 5.75 Å². The Morgan fingerprint density at radius 2 is 1.85 bits per heavy atom. The Balaban J connectivity index is 0.00000361. The van der Waals surface area contributed by atoms with Crippen molar-refractivity contribution in [2.75, 3.05) is 25.6 Å². The first kappa shape index (κ1) is 18.2. The van der Waals surface area contributed by atoms with Crippen molar-refractivity contribution in [2.45, 2.75) is 12.8 Å². The maximum absolute atomic E-state index is 11.3. The molecule has 7 heteroatoms. The minimum atomic E-state index is -0.314. The first-order valence-corrected chi connectivity index (χ1v) is 5.95. The van der Waals surface area contributed by atoms with Gasteiger partial charge in [-0.2, -0.15) is 0 Å². The standard InChI is InChI=1S/C13H18N2O4.ClH/c1-18-13(17)7-9-19-11-4-2-10(3-5-11)15-12(16)6-8-14;/h2-5H,6-9,14H2,1H3,(H,15,16);1H. The van der Waals surface area contributed by atoms with Crippen LogP contribution in [0.3, 0.4) is 0 Å². The van der Waals surface area contributed by atoms with E-state index in [4.69, 9.17) is 10.5 Å². The fourth-order valence-electron chi connectivity index (χ4n) is 1.34. The van der Waals surface area contributed by atoms with E-state index in [0.29, 0.717) is 18.0 Å². The average Bonchev–Trinajstić information content (AvgIpc) is 2.41. The van der Waals surface area contributed by atoms with Gasteiger partial charge in [0, 0.05) is 18.7 Å². The fourth-order valence-corrected chi connectivity index (χ4v) is 1.34. The minimum absolute atomic E-state index is 0. The number of esters is 1. The highest BCUT2D eigenvalue weighted by Gasteiger charge is 2.03. The summed E-state index contributed by atoms with van der Waals surface area (Å²) in [5.41, 5.74) is 5.96. The van der Waals surface area contributed by atoms with Crippen LogP contribution in [0.15, 0.2) is 24.3 Å². The highest BCUT2D eigenvalue weighted by molar-refractivity contribution is 5.90. The summed E-state index contributed by atoms with van der Waals surface area (Å²) in [7, 11) is 1.33. The van der Waals surface area contributed by atoms with Crippen LogP contribution in [-0.2, 0) is 14.3 Å². The predicted octanol–water partition coefficient (Wildman–Crippen LogP) is 1.34. The summed E-state index contributed by atoms with van der Waals surface area (Å²) in [5, 5.41) is 2.70. The molecule has 1 aromatic rings. The molecule has 0 aliphatic heterocycles. The topological polar surface area (TPSA) is 90.6 Å². The van der Waals surface area contributed by atoms with E-state index in [1.54, 1.807) is 24.3 Å². The fraction of sp³-hybridized carbons (Fsp3) is 0.385. The van der Waals surface area contributed by atoms with Crippen LogP contribution in [0.4, 0.5) is 5.69 Å². The van der Waals surface area contributed by atoms with Gasteiger partial charge < -0.3 is 20.5 Å². The number of nitrogens with one attached hydrogen (secondary N) is 1. The molecule has 0 atom stereocenters. The average molecular weight is 303 g/mol. The van der Waals surface area contributed by atoms with Gasteiger partial charge in [0.1, 0.15) is 5.75 Å². The van der Waals surface area contributed by atoms with Gasteiger partial charge in [-0.3, -0.25) is 9.59 Å². The second-order valence-corrected chi connectivity index (χ2v) is 3.79. The number of anilines is 1. The number of carbonyl (C=O) groups excluding carboxylic acids is 2. The van der Waals surface area contributed by atoms with Crippen LogP contribution in [0.1, 0.15) is 12.8 Å². The molecular weight excluding hydrogens is 284 g/mol. The van der Waals surface area contributed by atoms with Gasteiger partial charge in [0.25, 0.3) is 0 Å². The molecule has 0 aromatic heterocycles. The summed E-state index contributed by atoms with van der Waals surface area (Å²) in [6.07, 6.45) is 0.489. The molecule has 0 spiro atoms. The third kappa shape index (κ3) is 6.96. The molecule has 112 valence electrons. The van der Waals surface area contributed by atoms with E-state index in [1.165, 1.54) is 7.11 Å². The van der Waals surface area contributed by atoms with Crippen LogP contribution in [-0.4, -0.2) is 32.1 Å². The van der Waals surface area contributed by atoms with Crippen LogP contribution < -0.4 is 15.8 Å². The molecular formula is C13H19ClN2O4. The Labute approximate surface area is 124 Å². The molecule has 1 amide bonds.